The third kappa shape index (κ3) is 1.98. The highest BCUT2D eigenvalue weighted by Gasteiger charge is 2.35. The van der Waals surface area contributed by atoms with Crippen molar-refractivity contribution in [2.24, 2.45) is 0 Å². The molecule has 0 bridgehead atoms. The Morgan fingerprint density at radius 1 is 1.47 bits per heavy atom. The first kappa shape index (κ1) is 10.5. The first-order valence-corrected chi connectivity index (χ1v) is 5.42. The number of para-hydroxylation sites is 1. The highest BCUT2D eigenvalue weighted by molar-refractivity contribution is 5.39. The molecule has 0 aromatic heterocycles. The van der Waals surface area contributed by atoms with E-state index in [0.717, 1.165) is 24.3 Å². The van der Waals surface area contributed by atoms with E-state index in [9.17, 15) is 5.11 Å². The summed E-state index contributed by atoms with van der Waals surface area (Å²) in [6.45, 7) is 4.04. The fourth-order valence-electron chi connectivity index (χ4n) is 2.04. The zero-order chi connectivity index (χ0) is 10.7. The Morgan fingerprint density at radius 3 is 2.93 bits per heavy atom. The fourth-order valence-corrected chi connectivity index (χ4v) is 2.04. The van der Waals surface area contributed by atoms with Crippen molar-refractivity contribution in [3.8, 4) is 5.75 Å². The number of aliphatic hydroxyl groups is 1. The molecule has 1 saturated heterocycles. The smallest absolute Gasteiger partial charge is 0.125 e. The van der Waals surface area contributed by atoms with E-state index in [1.165, 1.54) is 0 Å². The lowest BCUT2D eigenvalue weighted by molar-refractivity contribution is 0.0555. The van der Waals surface area contributed by atoms with Crippen LogP contribution in [0.5, 0.6) is 5.75 Å². The maximum atomic E-state index is 10.4. The number of β-amino-alcohol motifs (C(OH)–C–C–N with tert-alkyl or cyclic N) is 1. The molecule has 1 aromatic rings. The van der Waals surface area contributed by atoms with Crippen molar-refractivity contribution in [1.29, 1.82) is 0 Å². The number of rotatable bonds is 3. The van der Waals surface area contributed by atoms with Gasteiger partial charge in [0.1, 0.15) is 11.4 Å². The van der Waals surface area contributed by atoms with Gasteiger partial charge in [0, 0.05) is 12.1 Å². The van der Waals surface area contributed by atoms with Crippen molar-refractivity contribution in [1.82, 2.24) is 5.32 Å². The van der Waals surface area contributed by atoms with Crippen LogP contribution in [0.2, 0.25) is 0 Å². The predicted octanol–water partition coefficient (Wildman–Crippen LogP) is 1.27. The lowest BCUT2D eigenvalue weighted by Gasteiger charge is -2.24. The molecule has 1 unspecified atom stereocenters. The Morgan fingerprint density at radius 2 is 2.27 bits per heavy atom. The summed E-state index contributed by atoms with van der Waals surface area (Å²) in [5.74, 6) is 0.797. The van der Waals surface area contributed by atoms with E-state index in [0.29, 0.717) is 13.2 Å². The zero-order valence-electron chi connectivity index (χ0n) is 8.99. The quantitative estimate of drug-likeness (QED) is 0.784. The Hall–Kier alpha value is -1.06. The highest BCUT2D eigenvalue weighted by atomic mass is 16.5. The van der Waals surface area contributed by atoms with Crippen LogP contribution in [0.3, 0.4) is 0 Å². The minimum Gasteiger partial charge on any atom is -0.493 e. The molecule has 0 spiro atoms. The van der Waals surface area contributed by atoms with Crippen LogP contribution < -0.4 is 10.1 Å². The average Bonchev–Trinajstić information content (AvgIpc) is 2.68. The molecule has 82 valence electrons. The largest absolute Gasteiger partial charge is 0.493 e. The summed E-state index contributed by atoms with van der Waals surface area (Å²) < 4.78 is 5.53. The van der Waals surface area contributed by atoms with E-state index in [2.05, 4.69) is 5.32 Å². The second-order valence-electron chi connectivity index (χ2n) is 3.89. The molecule has 0 amide bonds. The molecular formula is C12H17NO2. The standard InChI is InChI=1S/C12H17NO2/c1-2-15-11-6-4-3-5-10(11)12(14)7-8-13-9-12/h3-6,13-14H,2,7-9H2,1H3. The van der Waals surface area contributed by atoms with Gasteiger partial charge in [0.25, 0.3) is 0 Å². The molecule has 3 nitrogen and oxygen atoms in total. The van der Waals surface area contributed by atoms with Gasteiger partial charge in [-0.2, -0.15) is 0 Å². The summed E-state index contributed by atoms with van der Waals surface area (Å²) in [7, 11) is 0. The molecule has 0 radical (unpaired) electrons. The van der Waals surface area contributed by atoms with Crippen molar-refractivity contribution >= 4 is 0 Å². The van der Waals surface area contributed by atoms with Gasteiger partial charge in [-0.1, -0.05) is 18.2 Å². The number of benzene rings is 1. The SMILES string of the molecule is CCOc1ccccc1C1(O)CCNC1. The average molecular weight is 207 g/mol. The molecule has 1 aliphatic rings. The summed E-state index contributed by atoms with van der Waals surface area (Å²) in [6.07, 6.45) is 0.747. The molecule has 15 heavy (non-hydrogen) atoms. The van der Waals surface area contributed by atoms with Crippen molar-refractivity contribution in [2.75, 3.05) is 19.7 Å². The number of hydrogen-bond donors (Lipinski definition) is 2. The fraction of sp³-hybridized carbons (Fsp3) is 0.500. The Kier molecular flexibility index (Phi) is 2.93. The van der Waals surface area contributed by atoms with Crippen LogP contribution in [0.15, 0.2) is 24.3 Å². The molecule has 0 aliphatic carbocycles. The highest BCUT2D eigenvalue weighted by Crippen LogP contribution is 2.34. The van der Waals surface area contributed by atoms with Gasteiger partial charge in [0.05, 0.1) is 6.61 Å². The molecular weight excluding hydrogens is 190 g/mol. The molecule has 1 aromatic carbocycles. The molecule has 2 rings (SSSR count). The predicted molar refractivity (Wildman–Crippen MR) is 59.0 cm³/mol. The summed E-state index contributed by atoms with van der Waals surface area (Å²) in [5.41, 5.74) is 0.142. The molecule has 0 saturated carbocycles. The van der Waals surface area contributed by atoms with Crippen LogP contribution in [-0.2, 0) is 5.60 Å². The van der Waals surface area contributed by atoms with Gasteiger partial charge >= 0.3 is 0 Å². The van der Waals surface area contributed by atoms with Gasteiger partial charge in [-0.15, -0.1) is 0 Å². The summed E-state index contributed by atoms with van der Waals surface area (Å²) in [5, 5.41) is 13.6. The second-order valence-corrected chi connectivity index (χ2v) is 3.89. The van der Waals surface area contributed by atoms with Gasteiger partial charge in [0.2, 0.25) is 0 Å². The maximum absolute atomic E-state index is 10.4. The molecule has 1 atom stereocenters. The van der Waals surface area contributed by atoms with Crippen LogP contribution in [0.4, 0.5) is 0 Å². The van der Waals surface area contributed by atoms with Gasteiger partial charge in [0.15, 0.2) is 0 Å². The van der Waals surface area contributed by atoms with Crippen molar-refractivity contribution in [2.45, 2.75) is 18.9 Å². The minimum absolute atomic E-state index is 0.608. The van der Waals surface area contributed by atoms with E-state index in [-0.39, 0.29) is 0 Å². The van der Waals surface area contributed by atoms with Crippen LogP contribution in [0, 0.1) is 0 Å². The molecule has 2 N–H and O–H groups in total. The first-order chi connectivity index (χ1) is 7.26. The lowest BCUT2D eigenvalue weighted by Crippen LogP contribution is -2.28. The first-order valence-electron chi connectivity index (χ1n) is 5.42. The summed E-state index contributed by atoms with van der Waals surface area (Å²) >= 11 is 0. The zero-order valence-corrected chi connectivity index (χ0v) is 8.99. The van der Waals surface area contributed by atoms with E-state index >= 15 is 0 Å². The van der Waals surface area contributed by atoms with Gasteiger partial charge in [-0.3, -0.25) is 0 Å². The third-order valence-electron chi connectivity index (χ3n) is 2.82. The van der Waals surface area contributed by atoms with Crippen LogP contribution in [0.25, 0.3) is 0 Å². The van der Waals surface area contributed by atoms with Crippen LogP contribution in [-0.4, -0.2) is 24.8 Å². The van der Waals surface area contributed by atoms with E-state index in [1.54, 1.807) is 0 Å². The van der Waals surface area contributed by atoms with Crippen LogP contribution in [0.1, 0.15) is 18.9 Å². The van der Waals surface area contributed by atoms with Gasteiger partial charge in [-0.25, -0.2) is 0 Å². The lowest BCUT2D eigenvalue weighted by atomic mass is 9.92. The van der Waals surface area contributed by atoms with Crippen molar-refractivity contribution < 1.29 is 9.84 Å². The van der Waals surface area contributed by atoms with Gasteiger partial charge < -0.3 is 15.2 Å². The van der Waals surface area contributed by atoms with Crippen molar-refractivity contribution in [3.63, 3.8) is 0 Å². The monoisotopic (exact) mass is 207 g/mol. The minimum atomic E-state index is -0.758. The van der Waals surface area contributed by atoms with E-state index in [1.807, 2.05) is 31.2 Å². The molecule has 1 heterocycles. The van der Waals surface area contributed by atoms with Crippen LogP contribution >= 0.6 is 0 Å². The summed E-state index contributed by atoms with van der Waals surface area (Å²) in [4.78, 5) is 0. The third-order valence-corrected chi connectivity index (χ3v) is 2.82. The molecule has 3 heteroatoms. The van der Waals surface area contributed by atoms with Gasteiger partial charge in [-0.05, 0) is 26.0 Å². The Labute approximate surface area is 90.1 Å². The van der Waals surface area contributed by atoms with E-state index < -0.39 is 5.60 Å². The normalized spacial score (nSPS) is 25.5. The number of hydrogen-bond acceptors (Lipinski definition) is 3. The number of nitrogens with one attached hydrogen (secondary N) is 1. The van der Waals surface area contributed by atoms with Crippen molar-refractivity contribution in [3.05, 3.63) is 29.8 Å². The molecule has 1 fully saturated rings. The second kappa shape index (κ2) is 4.21. The molecule has 1 aliphatic heterocycles. The Bertz CT molecular complexity index is 332. The number of ether oxygens (including phenoxy) is 1. The maximum Gasteiger partial charge on any atom is 0.125 e. The van der Waals surface area contributed by atoms with E-state index in [4.69, 9.17) is 4.74 Å². The summed E-state index contributed by atoms with van der Waals surface area (Å²) in [6, 6.07) is 7.72. The Balaban J connectivity index is 2.33. The topological polar surface area (TPSA) is 41.5 Å².